The molecule has 0 spiro atoms. The van der Waals surface area contributed by atoms with Crippen molar-refractivity contribution in [3.8, 4) is 0 Å². The molecule has 0 saturated heterocycles. The van der Waals surface area contributed by atoms with Gasteiger partial charge in [0.05, 0.1) is 11.5 Å². The lowest BCUT2D eigenvalue weighted by Crippen LogP contribution is -2.37. The van der Waals surface area contributed by atoms with Gasteiger partial charge in [-0.1, -0.05) is 55.4 Å². The summed E-state index contributed by atoms with van der Waals surface area (Å²) in [5.41, 5.74) is 0. The van der Waals surface area contributed by atoms with Crippen molar-refractivity contribution < 1.29 is 46.1 Å². The molecule has 0 aromatic rings. The summed E-state index contributed by atoms with van der Waals surface area (Å²) in [6, 6.07) is 0. The predicted molar refractivity (Wildman–Crippen MR) is 186 cm³/mol. The van der Waals surface area contributed by atoms with Crippen LogP contribution in [0.4, 0.5) is 13.2 Å². The van der Waals surface area contributed by atoms with Gasteiger partial charge in [0.2, 0.25) is 5.91 Å². The molecule has 0 aliphatic heterocycles. The highest BCUT2D eigenvalue weighted by Crippen LogP contribution is 2.13. The minimum Gasteiger partial charge on any atom is -0.347 e. The first-order chi connectivity index (χ1) is 21.2. The van der Waals surface area contributed by atoms with Crippen molar-refractivity contribution in [3.05, 3.63) is 0 Å². The number of carbonyl (C=O) groups excluding carboxylic acids is 6. The lowest BCUT2D eigenvalue weighted by molar-refractivity contribution is -0.141. The van der Waals surface area contributed by atoms with Crippen molar-refractivity contribution >= 4 is 57.4 Å². The molecule has 274 valence electrons. The molecule has 0 aliphatic carbocycles. The van der Waals surface area contributed by atoms with E-state index in [4.69, 9.17) is 0 Å². The summed E-state index contributed by atoms with van der Waals surface area (Å²) in [7, 11) is -0.947. The van der Waals surface area contributed by atoms with Crippen molar-refractivity contribution in [1.82, 2.24) is 5.32 Å². The Balaban J connectivity index is -0.000000156. The predicted octanol–water partition coefficient (Wildman–Crippen LogP) is 7.51. The summed E-state index contributed by atoms with van der Waals surface area (Å²) in [6.45, 7) is 15.1. The van der Waals surface area contributed by atoms with Crippen molar-refractivity contribution in [1.29, 1.82) is 0 Å². The Labute approximate surface area is 283 Å². The van der Waals surface area contributed by atoms with Gasteiger partial charge < -0.3 is 10.1 Å². The Morgan fingerprint density at radius 3 is 1.48 bits per heavy atom. The summed E-state index contributed by atoms with van der Waals surface area (Å²) in [5.74, 6) is 0.706. The monoisotopic (exact) mass is 705 g/mol. The average molecular weight is 706 g/mol. The molecule has 0 aliphatic rings. The molecule has 0 heterocycles. The van der Waals surface area contributed by atoms with Crippen LogP contribution in [0.25, 0.3) is 0 Å². The number of hydrogen-bond donors (Lipinski definition) is 1. The minimum absolute atomic E-state index is 0.0380. The van der Waals surface area contributed by atoms with Gasteiger partial charge in [-0.2, -0.15) is 24.9 Å². The Bertz CT molecular complexity index is 857. The second kappa shape index (κ2) is 36.0. The quantitative estimate of drug-likeness (QED) is 0.155. The largest absolute Gasteiger partial charge is 0.405 e. The molecule has 2 unspecified atom stereocenters. The number of halogens is 3. The third kappa shape index (κ3) is 51.7. The van der Waals surface area contributed by atoms with Crippen molar-refractivity contribution in [2.75, 3.05) is 30.6 Å². The highest BCUT2D eigenvalue weighted by atomic mass is 32.2. The topological polar surface area (TPSA) is 132 Å². The van der Waals surface area contributed by atoms with Crippen LogP contribution in [0.3, 0.4) is 0 Å². The Hall–Kier alpha value is -1.89. The van der Waals surface area contributed by atoms with E-state index in [9.17, 15) is 46.1 Å². The van der Waals surface area contributed by atoms with Crippen LogP contribution < -0.4 is 5.32 Å². The highest BCUT2D eigenvalue weighted by Gasteiger charge is 2.28. The summed E-state index contributed by atoms with van der Waals surface area (Å²) < 4.78 is 45.4. The molecule has 0 saturated carbocycles. The van der Waals surface area contributed by atoms with Crippen LogP contribution in [-0.2, 0) is 39.6 Å². The van der Waals surface area contributed by atoms with E-state index in [0.717, 1.165) is 44.9 Å². The van der Waals surface area contributed by atoms with Crippen LogP contribution in [0.15, 0.2) is 0 Å². The van der Waals surface area contributed by atoms with E-state index >= 15 is 0 Å². The summed E-state index contributed by atoms with van der Waals surface area (Å²) in [4.78, 5) is 64.0. The van der Waals surface area contributed by atoms with Gasteiger partial charge in [0, 0.05) is 67.4 Å². The molecule has 2 atom stereocenters. The standard InChI is InChI=1S/C8H12F3NO2.C7H14O.C6H12O2S.C6H12OS.C6H12O/c1-5(3-6(2)13)7(14)12-4-8(9,10)11;1-4-5-7(8)6(2)3;1-3-4-6(7)5-9(2)8;1-3-4-6(7)5-8-2;1-3-5-6(7)4-2/h5H,3-4H2,1-2H3,(H,12,14);6H,4-5H2,1-3H3;3-5H2,1-2H3;3-5H2,1-2H3;3-5H2,1-2H3. The van der Waals surface area contributed by atoms with Crippen LogP contribution in [0.1, 0.15) is 127 Å². The molecule has 0 aromatic heterocycles. The van der Waals surface area contributed by atoms with E-state index in [0.29, 0.717) is 35.9 Å². The SMILES string of the molecule is CC(=O)CC(C)C(=O)NCC(F)(F)F.CCCC(=O)C(C)C.CCCC(=O)CC.CCCC(=O)CS(C)=O.CCCC(=O)CSC. The van der Waals surface area contributed by atoms with E-state index in [1.165, 1.54) is 13.8 Å². The lowest BCUT2D eigenvalue weighted by Gasteiger charge is -2.12. The number of carbonyl (C=O) groups is 6. The number of Topliss-reactive ketones (excluding diaryl/α,β-unsaturated/α-hetero) is 5. The number of alkyl halides is 3. The molecule has 8 nitrogen and oxygen atoms in total. The fraction of sp³-hybridized carbons (Fsp3) is 0.818. The summed E-state index contributed by atoms with van der Waals surface area (Å²) >= 11 is 1.60. The number of hydrogen-bond acceptors (Lipinski definition) is 8. The normalized spacial score (nSPS) is 11.4. The van der Waals surface area contributed by atoms with Crippen LogP contribution in [0, 0.1) is 11.8 Å². The number of ketones is 5. The lowest BCUT2D eigenvalue weighted by atomic mass is 10.1. The van der Waals surface area contributed by atoms with Gasteiger partial charge in [0.1, 0.15) is 35.5 Å². The van der Waals surface area contributed by atoms with Crippen molar-refractivity contribution in [2.24, 2.45) is 11.8 Å². The zero-order chi connectivity index (χ0) is 37.3. The van der Waals surface area contributed by atoms with E-state index in [2.05, 4.69) is 0 Å². The van der Waals surface area contributed by atoms with E-state index in [1.807, 2.05) is 54.7 Å². The fourth-order valence-corrected chi connectivity index (χ4v) is 4.03. The van der Waals surface area contributed by atoms with Crippen molar-refractivity contribution in [3.63, 3.8) is 0 Å². The number of amides is 1. The first kappa shape index (κ1) is 53.6. The first-order valence-electron chi connectivity index (χ1n) is 15.9. The van der Waals surface area contributed by atoms with Gasteiger partial charge in [-0.3, -0.25) is 28.2 Å². The average Bonchev–Trinajstić information content (AvgIpc) is 2.92. The molecule has 0 aromatic carbocycles. The van der Waals surface area contributed by atoms with Gasteiger partial charge in [0.15, 0.2) is 0 Å². The number of rotatable bonds is 18. The van der Waals surface area contributed by atoms with Crippen molar-refractivity contribution in [2.45, 2.75) is 133 Å². The minimum atomic E-state index is -4.41. The van der Waals surface area contributed by atoms with Gasteiger partial charge >= 0.3 is 6.18 Å². The maximum Gasteiger partial charge on any atom is 0.405 e. The number of thioether (sulfide) groups is 1. The third-order valence-electron chi connectivity index (χ3n) is 5.30. The van der Waals surface area contributed by atoms with E-state index in [1.54, 1.807) is 23.3 Å². The molecule has 1 N–H and O–H groups in total. The van der Waals surface area contributed by atoms with Gasteiger partial charge in [-0.25, -0.2) is 0 Å². The van der Waals surface area contributed by atoms with Crippen LogP contribution in [0.5, 0.6) is 0 Å². The van der Waals surface area contributed by atoms with E-state index in [-0.39, 0.29) is 29.7 Å². The fourth-order valence-electron chi connectivity index (χ4n) is 2.97. The molecule has 0 bridgehead atoms. The highest BCUT2D eigenvalue weighted by molar-refractivity contribution is 7.99. The second-order valence-corrected chi connectivity index (χ2v) is 13.2. The van der Waals surface area contributed by atoms with Gasteiger partial charge in [-0.05, 0) is 38.9 Å². The molecule has 13 heteroatoms. The molecule has 1 amide bonds. The van der Waals surface area contributed by atoms with Crippen LogP contribution in [0.2, 0.25) is 0 Å². The Kier molecular flexibility index (Phi) is 41.9. The Morgan fingerprint density at radius 2 is 1.20 bits per heavy atom. The molecular weight excluding hydrogens is 643 g/mol. The summed E-state index contributed by atoms with van der Waals surface area (Å²) in [6.07, 6.45) is 6.40. The first-order valence-corrected chi connectivity index (χ1v) is 19.0. The Morgan fingerprint density at radius 1 is 0.761 bits per heavy atom. The summed E-state index contributed by atoms with van der Waals surface area (Å²) in [5, 5.41) is 1.71. The number of nitrogens with one attached hydrogen (secondary N) is 1. The van der Waals surface area contributed by atoms with Gasteiger partial charge in [0.25, 0.3) is 0 Å². The zero-order valence-corrected chi connectivity index (χ0v) is 31.8. The maximum atomic E-state index is 11.7. The molecular formula is C33H62F3NO7S2. The molecule has 46 heavy (non-hydrogen) atoms. The maximum absolute atomic E-state index is 11.7. The molecule has 0 fully saturated rings. The zero-order valence-electron chi connectivity index (χ0n) is 30.2. The van der Waals surface area contributed by atoms with E-state index < -0.39 is 35.3 Å². The molecule has 0 radical (unpaired) electrons. The van der Waals surface area contributed by atoms with Crippen LogP contribution >= 0.6 is 11.8 Å². The smallest absolute Gasteiger partial charge is 0.347 e. The second-order valence-electron chi connectivity index (χ2n) is 10.9. The molecule has 0 rings (SSSR count). The third-order valence-corrected chi connectivity index (χ3v) is 6.63. The van der Waals surface area contributed by atoms with Crippen LogP contribution in [-0.4, -0.2) is 75.8 Å². The van der Waals surface area contributed by atoms with Gasteiger partial charge in [-0.15, -0.1) is 0 Å².